The molecule has 0 saturated heterocycles. The molecule has 1 aliphatic heterocycles. The molecule has 0 amide bonds. The molecule has 162 valence electrons. The van der Waals surface area contributed by atoms with Gasteiger partial charge >= 0.3 is 5.69 Å². The van der Waals surface area contributed by atoms with E-state index in [-0.39, 0.29) is 5.56 Å². The summed E-state index contributed by atoms with van der Waals surface area (Å²) in [5.41, 5.74) is 3.83. The van der Waals surface area contributed by atoms with Gasteiger partial charge in [0.25, 0.3) is 5.56 Å². The van der Waals surface area contributed by atoms with E-state index in [1.807, 2.05) is 50.2 Å². The van der Waals surface area contributed by atoms with Crippen LogP contribution in [0.3, 0.4) is 0 Å². The molecule has 0 atom stereocenters. The Balaban J connectivity index is 1.85. The fourth-order valence-electron chi connectivity index (χ4n) is 4.04. The topological polar surface area (TPSA) is 76.6 Å². The number of hydrogen-bond acceptors (Lipinski definition) is 4. The van der Waals surface area contributed by atoms with Crippen molar-refractivity contribution in [2.24, 2.45) is 4.99 Å². The van der Waals surface area contributed by atoms with Crippen molar-refractivity contribution in [1.29, 1.82) is 0 Å². The second-order valence-electron chi connectivity index (χ2n) is 8.05. The number of aliphatic imine (C=N–C) groups is 1. The van der Waals surface area contributed by atoms with E-state index in [1.165, 1.54) is 4.57 Å². The van der Waals surface area contributed by atoms with E-state index in [0.717, 1.165) is 26.9 Å². The summed E-state index contributed by atoms with van der Waals surface area (Å²) in [7, 11) is 0. The van der Waals surface area contributed by atoms with Gasteiger partial charge in [-0.3, -0.25) is 9.79 Å². The molecule has 0 fully saturated rings. The Morgan fingerprint density at radius 2 is 1.45 bits per heavy atom. The molecule has 33 heavy (non-hydrogen) atoms. The van der Waals surface area contributed by atoms with E-state index < -0.39 is 17.1 Å². The minimum Gasteiger partial charge on any atom is -0.494 e. The average Bonchev–Trinajstić information content (AvgIpc) is 3.20. The molecule has 2 heterocycles. The van der Waals surface area contributed by atoms with Gasteiger partial charge in [-0.25, -0.2) is 13.9 Å². The minimum absolute atomic E-state index is 0.00997. The van der Waals surface area contributed by atoms with Gasteiger partial charge in [0.15, 0.2) is 0 Å². The van der Waals surface area contributed by atoms with Crippen molar-refractivity contribution in [3.63, 3.8) is 0 Å². The smallest absolute Gasteiger partial charge is 0.343 e. The average molecular weight is 435 g/mol. The van der Waals surface area contributed by atoms with Gasteiger partial charge in [-0.1, -0.05) is 42.5 Å². The Morgan fingerprint density at radius 3 is 2.12 bits per heavy atom. The molecule has 1 aromatic heterocycles. The first-order valence-corrected chi connectivity index (χ1v) is 10.5. The number of aromatic nitrogens is 2. The first-order valence-electron chi connectivity index (χ1n) is 10.5. The molecule has 6 heteroatoms. The summed E-state index contributed by atoms with van der Waals surface area (Å²) in [6.07, 6.45) is 3.24. The highest BCUT2D eigenvalue weighted by atomic mass is 16.3. The lowest BCUT2D eigenvalue weighted by atomic mass is 10.0. The van der Waals surface area contributed by atoms with Crippen LogP contribution in [0, 0.1) is 13.8 Å². The van der Waals surface area contributed by atoms with Crippen LogP contribution in [0.5, 0.6) is 5.88 Å². The number of allylic oxidation sites excluding steroid dienone is 1. The highest BCUT2D eigenvalue weighted by molar-refractivity contribution is 6.21. The number of fused-ring (bicyclic) bond motifs is 1. The van der Waals surface area contributed by atoms with Crippen LogP contribution in [0.15, 0.2) is 87.4 Å². The summed E-state index contributed by atoms with van der Waals surface area (Å²) < 4.78 is 2.26. The minimum atomic E-state index is -0.642. The third-order valence-electron chi connectivity index (χ3n) is 5.65. The van der Waals surface area contributed by atoms with Crippen molar-refractivity contribution in [1.82, 2.24) is 9.13 Å². The fraction of sp³-hybridized carbons (Fsp3) is 0.0741. The number of rotatable bonds is 3. The lowest BCUT2D eigenvalue weighted by molar-refractivity contribution is 0.426. The predicted octanol–water partition coefficient (Wildman–Crippen LogP) is 4.57. The molecule has 0 spiro atoms. The second-order valence-corrected chi connectivity index (χ2v) is 8.05. The van der Waals surface area contributed by atoms with E-state index in [1.54, 1.807) is 48.7 Å². The highest BCUT2D eigenvalue weighted by Gasteiger charge is 2.21. The van der Waals surface area contributed by atoms with Crippen LogP contribution in [-0.2, 0) is 0 Å². The molecule has 1 aliphatic rings. The van der Waals surface area contributed by atoms with E-state index in [0.29, 0.717) is 16.9 Å². The molecule has 4 aromatic rings. The summed E-state index contributed by atoms with van der Waals surface area (Å²) in [5, 5.41) is 11.2. The summed E-state index contributed by atoms with van der Waals surface area (Å²) >= 11 is 0. The first-order chi connectivity index (χ1) is 15.9. The van der Waals surface area contributed by atoms with Gasteiger partial charge in [0, 0.05) is 17.4 Å². The summed E-state index contributed by atoms with van der Waals surface area (Å²) in [4.78, 5) is 31.5. The van der Waals surface area contributed by atoms with E-state index >= 15 is 0 Å². The van der Waals surface area contributed by atoms with Crippen molar-refractivity contribution in [3.05, 3.63) is 116 Å². The molecule has 0 aliphatic carbocycles. The van der Waals surface area contributed by atoms with Gasteiger partial charge in [-0.15, -0.1) is 0 Å². The van der Waals surface area contributed by atoms with E-state index in [9.17, 15) is 14.7 Å². The molecule has 6 nitrogen and oxygen atoms in total. The number of aryl methyl sites for hydroxylation is 2. The molecule has 0 saturated carbocycles. The summed E-state index contributed by atoms with van der Waals surface area (Å²) in [6.45, 7) is 3.79. The molecule has 0 radical (unpaired) electrons. The Hall–Kier alpha value is -4.45. The van der Waals surface area contributed by atoms with Crippen LogP contribution in [0.25, 0.3) is 23.0 Å². The zero-order chi connectivity index (χ0) is 23.1. The predicted molar refractivity (Wildman–Crippen MR) is 131 cm³/mol. The van der Waals surface area contributed by atoms with E-state index in [2.05, 4.69) is 4.99 Å². The molecular formula is C27H21N3O3. The zero-order valence-corrected chi connectivity index (χ0v) is 18.2. The van der Waals surface area contributed by atoms with Crippen LogP contribution < -0.4 is 11.2 Å². The standard InChI is InChI=1S/C27H21N3O3/c1-17-7-5-9-20(13-17)29-25(31)23(15-19-16-28-24-12-4-3-11-22(19)24)26(32)30(27(29)33)21-10-6-8-18(2)14-21/h3-16,31H,1-2H3. The second kappa shape index (κ2) is 7.91. The van der Waals surface area contributed by atoms with Gasteiger partial charge in [-0.05, 0) is 61.4 Å². The number of benzene rings is 3. The Bertz CT molecular complexity index is 1590. The van der Waals surface area contributed by atoms with Gasteiger partial charge in [0.1, 0.15) is 5.56 Å². The monoisotopic (exact) mass is 435 g/mol. The third kappa shape index (κ3) is 3.51. The Kier molecular flexibility index (Phi) is 4.90. The summed E-state index contributed by atoms with van der Waals surface area (Å²) in [5.74, 6) is -0.412. The lowest BCUT2D eigenvalue weighted by Crippen LogP contribution is -2.39. The SMILES string of the molecule is Cc1cccc(-n2c(O)c(C=C3C=Nc4ccccc43)c(=O)n(-c3cccc(C)c3)c2=O)c1. The van der Waals surface area contributed by atoms with Crippen LogP contribution in [-0.4, -0.2) is 20.5 Å². The number of nitrogens with zero attached hydrogens (tertiary/aromatic N) is 3. The Labute approximate surface area is 190 Å². The third-order valence-corrected chi connectivity index (χ3v) is 5.65. The zero-order valence-electron chi connectivity index (χ0n) is 18.2. The van der Waals surface area contributed by atoms with Crippen LogP contribution in [0.4, 0.5) is 5.69 Å². The molecule has 0 bridgehead atoms. The maximum Gasteiger partial charge on any atom is 0.343 e. The van der Waals surface area contributed by atoms with Crippen LogP contribution in [0.2, 0.25) is 0 Å². The lowest BCUT2D eigenvalue weighted by Gasteiger charge is -2.15. The van der Waals surface area contributed by atoms with Crippen molar-refractivity contribution in [2.75, 3.05) is 0 Å². The van der Waals surface area contributed by atoms with Crippen molar-refractivity contribution in [2.45, 2.75) is 13.8 Å². The summed E-state index contributed by atoms with van der Waals surface area (Å²) in [6, 6.07) is 21.9. The number of aromatic hydroxyl groups is 1. The van der Waals surface area contributed by atoms with Gasteiger partial charge in [-0.2, -0.15) is 0 Å². The molecule has 0 unspecified atom stereocenters. The number of hydrogen-bond donors (Lipinski definition) is 1. The molecule has 1 N–H and O–H groups in total. The van der Waals surface area contributed by atoms with Crippen LogP contribution >= 0.6 is 0 Å². The van der Waals surface area contributed by atoms with Crippen molar-refractivity contribution >= 4 is 23.6 Å². The van der Waals surface area contributed by atoms with Gasteiger partial charge in [0.05, 0.1) is 17.1 Å². The maximum absolute atomic E-state index is 13.6. The van der Waals surface area contributed by atoms with Gasteiger partial charge < -0.3 is 5.11 Å². The van der Waals surface area contributed by atoms with E-state index in [4.69, 9.17) is 0 Å². The highest BCUT2D eigenvalue weighted by Crippen LogP contribution is 2.33. The van der Waals surface area contributed by atoms with Crippen molar-refractivity contribution < 1.29 is 5.11 Å². The van der Waals surface area contributed by atoms with Crippen LogP contribution in [0.1, 0.15) is 22.3 Å². The molecular weight excluding hydrogens is 414 g/mol. The Morgan fingerprint density at radius 1 is 0.818 bits per heavy atom. The first kappa shape index (κ1) is 20.5. The van der Waals surface area contributed by atoms with Crippen molar-refractivity contribution in [3.8, 4) is 17.3 Å². The normalized spacial score (nSPS) is 13.5. The molecule has 3 aromatic carbocycles. The number of para-hydroxylation sites is 1. The fourth-order valence-corrected chi connectivity index (χ4v) is 4.04. The van der Waals surface area contributed by atoms with Gasteiger partial charge in [0.2, 0.25) is 5.88 Å². The largest absolute Gasteiger partial charge is 0.494 e. The maximum atomic E-state index is 13.6. The quantitative estimate of drug-likeness (QED) is 0.512. The molecule has 5 rings (SSSR count).